The highest BCUT2D eigenvalue weighted by atomic mass is 16.7. The molecule has 3 rings (SSSR count). The molecule has 0 saturated carbocycles. The van der Waals surface area contributed by atoms with Crippen molar-refractivity contribution < 1.29 is 19.7 Å². The molecule has 4 nitrogen and oxygen atoms in total. The predicted molar refractivity (Wildman–Crippen MR) is 103 cm³/mol. The first-order valence-electron chi connectivity index (χ1n) is 8.72. The van der Waals surface area contributed by atoms with E-state index in [1.54, 1.807) is 66.7 Å². The topological polar surface area (TPSA) is 66.8 Å². The van der Waals surface area contributed by atoms with Crippen molar-refractivity contribution in [1.82, 2.24) is 0 Å². The van der Waals surface area contributed by atoms with E-state index in [9.17, 15) is 15.0 Å². The highest BCUT2D eigenvalue weighted by Gasteiger charge is 2.43. The summed E-state index contributed by atoms with van der Waals surface area (Å²) in [5.74, 6) is -2.94. The van der Waals surface area contributed by atoms with Gasteiger partial charge in [0, 0.05) is 5.56 Å². The molecule has 0 fully saturated rings. The number of rotatable bonds is 5. The average Bonchev–Trinajstić information content (AvgIpc) is 2.69. The Morgan fingerprint density at radius 2 is 1.37 bits per heavy atom. The van der Waals surface area contributed by atoms with E-state index >= 15 is 0 Å². The fourth-order valence-corrected chi connectivity index (χ4v) is 2.81. The molecule has 2 N–H and O–H groups in total. The first kappa shape index (κ1) is 18.8. The number of aliphatic hydroxyl groups excluding tert-OH is 1. The normalized spacial score (nSPS) is 14.2. The van der Waals surface area contributed by atoms with Gasteiger partial charge in [-0.3, -0.25) is 0 Å². The number of aryl methyl sites for hydroxylation is 2. The molecule has 3 aromatic rings. The minimum absolute atomic E-state index is 0.291. The Morgan fingerprint density at radius 1 is 0.852 bits per heavy atom. The smallest absolute Gasteiger partial charge is 0.341 e. The summed E-state index contributed by atoms with van der Waals surface area (Å²) in [4.78, 5) is 12.6. The van der Waals surface area contributed by atoms with Gasteiger partial charge in [0.1, 0.15) is 6.10 Å². The van der Waals surface area contributed by atoms with Crippen LogP contribution in [0.25, 0.3) is 0 Å². The van der Waals surface area contributed by atoms with Gasteiger partial charge in [-0.05, 0) is 31.5 Å². The lowest BCUT2D eigenvalue weighted by molar-refractivity contribution is -0.236. The van der Waals surface area contributed by atoms with E-state index in [0.717, 1.165) is 11.1 Å². The maximum atomic E-state index is 12.6. The Kier molecular flexibility index (Phi) is 5.40. The maximum Gasteiger partial charge on any atom is 0.341 e. The van der Waals surface area contributed by atoms with Gasteiger partial charge in [-0.15, -0.1) is 0 Å². The van der Waals surface area contributed by atoms with Crippen molar-refractivity contribution in [3.8, 4) is 0 Å². The van der Waals surface area contributed by atoms with Crippen molar-refractivity contribution in [2.45, 2.75) is 25.7 Å². The van der Waals surface area contributed by atoms with Crippen LogP contribution in [0.3, 0.4) is 0 Å². The third-order valence-corrected chi connectivity index (χ3v) is 4.49. The highest BCUT2D eigenvalue weighted by molar-refractivity contribution is 5.89. The van der Waals surface area contributed by atoms with Gasteiger partial charge in [0.15, 0.2) is 0 Å². The molecular weight excluding hydrogens is 340 g/mol. The number of esters is 1. The SMILES string of the molecule is Cc1ccc([C@H](O)[C@@](O)(OC(=O)c2ccccc2)c2ccc(C)cc2)cc1. The number of benzene rings is 3. The van der Waals surface area contributed by atoms with E-state index < -0.39 is 17.9 Å². The fourth-order valence-electron chi connectivity index (χ4n) is 2.81. The van der Waals surface area contributed by atoms with Crippen LogP contribution in [0.4, 0.5) is 0 Å². The molecule has 138 valence electrons. The summed E-state index contributed by atoms with van der Waals surface area (Å²) in [6.07, 6.45) is -1.45. The summed E-state index contributed by atoms with van der Waals surface area (Å²) >= 11 is 0. The van der Waals surface area contributed by atoms with Gasteiger partial charge in [0.05, 0.1) is 5.56 Å². The Morgan fingerprint density at radius 3 is 1.93 bits per heavy atom. The fraction of sp³-hybridized carbons (Fsp3) is 0.174. The van der Waals surface area contributed by atoms with Gasteiger partial charge in [0.25, 0.3) is 5.79 Å². The zero-order chi connectivity index (χ0) is 19.4. The summed E-state index contributed by atoms with van der Waals surface area (Å²) < 4.78 is 5.46. The van der Waals surface area contributed by atoms with Crippen molar-refractivity contribution >= 4 is 5.97 Å². The molecule has 2 atom stereocenters. The quantitative estimate of drug-likeness (QED) is 0.531. The minimum Gasteiger partial charge on any atom is -0.422 e. The number of aliphatic hydroxyl groups is 2. The third-order valence-electron chi connectivity index (χ3n) is 4.49. The number of hydrogen-bond acceptors (Lipinski definition) is 4. The van der Waals surface area contributed by atoms with E-state index in [1.807, 2.05) is 26.0 Å². The molecule has 0 spiro atoms. The molecule has 0 saturated heterocycles. The van der Waals surface area contributed by atoms with Crippen LogP contribution in [0.2, 0.25) is 0 Å². The van der Waals surface area contributed by atoms with Crippen molar-refractivity contribution in [2.75, 3.05) is 0 Å². The first-order chi connectivity index (χ1) is 12.9. The zero-order valence-corrected chi connectivity index (χ0v) is 15.3. The van der Waals surface area contributed by atoms with E-state index in [1.165, 1.54) is 0 Å². The minimum atomic E-state index is -2.23. The zero-order valence-electron chi connectivity index (χ0n) is 15.3. The van der Waals surface area contributed by atoms with Gasteiger partial charge in [-0.2, -0.15) is 0 Å². The molecule has 4 heteroatoms. The van der Waals surface area contributed by atoms with Gasteiger partial charge in [0.2, 0.25) is 0 Å². The summed E-state index contributed by atoms with van der Waals surface area (Å²) in [6.45, 7) is 3.84. The van der Waals surface area contributed by atoms with Gasteiger partial charge in [-0.1, -0.05) is 77.9 Å². The number of ether oxygens (including phenoxy) is 1. The molecule has 0 heterocycles. The third kappa shape index (κ3) is 4.08. The predicted octanol–water partition coefficient (Wildman–Crippen LogP) is 4.04. The standard InChI is InChI=1S/C23H22O4/c1-16-8-12-18(13-9-16)21(24)23(26,20-14-10-17(2)11-15-20)27-22(25)19-6-4-3-5-7-19/h3-15,21,24,26H,1-2H3/t21-,23-/m0/s1. The average molecular weight is 362 g/mol. The van der Waals surface area contributed by atoms with E-state index in [-0.39, 0.29) is 0 Å². The molecule has 0 amide bonds. The molecule has 0 aliphatic heterocycles. The molecular formula is C23H22O4. The molecule has 0 aromatic heterocycles. The van der Waals surface area contributed by atoms with Crippen LogP contribution in [-0.2, 0) is 10.5 Å². The van der Waals surface area contributed by atoms with Crippen LogP contribution in [0.15, 0.2) is 78.9 Å². The van der Waals surface area contributed by atoms with Crippen molar-refractivity contribution in [3.63, 3.8) is 0 Å². The number of hydrogen-bond donors (Lipinski definition) is 2. The van der Waals surface area contributed by atoms with Gasteiger partial charge < -0.3 is 14.9 Å². The molecule has 0 bridgehead atoms. The monoisotopic (exact) mass is 362 g/mol. The second kappa shape index (κ2) is 7.74. The van der Waals surface area contributed by atoms with Crippen LogP contribution in [0, 0.1) is 13.8 Å². The molecule has 0 aliphatic carbocycles. The first-order valence-corrected chi connectivity index (χ1v) is 8.72. The van der Waals surface area contributed by atoms with Crippen LogP contribution in [0.1, 0.15) is 38.7 Å². The van der Waals surface area contributed by atoms with Crippen LogP contribution >= 0.6 is 0 Å². The lowest BCUT2D eigenvalue weighted by atomic mass is 9.93. The lowest BCUT2D eigenvalue weighted by Gasteiger charge is -2.33. The van der Waals surface area contributed by atoms with Crippen LogP contribution in [-0.4, -0.2) is 16.2 Å². The van der Waals surface area contributed by atoms with Gasteiger partial charge in [-0.25, -0.2) is 4.79 Å². The molecule has 3 aromatic carbocycles. The van der Waals surface area contributed by atoms with E-state index in [0.29, 0.717) is 16.7 Å². The van der Waals surface area contributed by atoms with Crippen LogP contribution in [0.5, 0.6) is 0 Å². The Labute approximate surface area is 158 Å². The summed E-state index contributed by atoms with van der Waals surface area (Å²) in [7, 11) is 0. The second-order valence-corrected chi connectivity index (χ2v) is 6.63. The lowest BCUT2D eigenvalue weighted by Crippen LogP contribution is -2.38. The number of carbonyl (C=O) groups excluding carboxylic acids is 1. The van der Waals surface area contributed by atoms with Crippen molar-refractivity contribution in [1.29, 1.82) is 0 Å². The summed E-state index contributed by atoms with van der Waals surface area (Å²) in [5.41, 5.74) is 3.04. The molecule has 0 unspecified atom stereocenters. The van der Waals surface area contributed by atoms with Crippen molar-refractivity contribution in [2.24, 2.45) is 0 Å². The van der Waals surface area contributed by atoms with E-state index in [2.05, 4.69) is 0 Å². The maximum absolute atomic E-state index is 12.6. The molecule has 0 radical (unpaired) electrons. The Bertz CT molecular complexity index is 901. The largest absolute Gasteiger partial charge is 0.422 e. The number of carbonyl (C=O) groups is 1. The molecule has 0 aliphatic rings. The second-order valence-electron chi connectivity index (χ2n) is 6.63. The summed E-state index contributed by atoms with van der Waals surface area (Å²) in [6, 6.07) is 22.3. The van der Waals surface area contributed by atoms with Crippen LogP contribution < -0.4 is 0 Å². The Balaban J connectivity index is 2.01. The van der Waals surface area contributed by atoms with E-state index in [4.69, 9.17) is 4.74 Å². The van der Waals surface area contributed by atoms with Gasteiger partial charge >= 0.3 is 5.97 Å². The van der Waals surface area contributed by atoms with Crippen molar-refractivity contribution in [3.05, 3.63) is 107 Å². The highest BCUT2D eigenvalue weighted by Crippen LogP contribution is 2.37. The Hall–Kier alpha value is -2.95. The summed E-state index contributed by atoms with van der Waals surface area (Å²) in [5, 5.41) is 22.2. The molecule has 27 heavy (non-hydrogen) atoms.